The minimum Gasteiger partial charge on any atom is -0.376 e. The normalized spacial score (nSPS) is 20.1. The van der Waals surface area contributed by atoms with Crippen molar-refractivity contribution in [2.24, 2.45) is 5.92 Å². The zero-order valence-electron chi connectivity index (χ0n) is 19.4. The number of aromatic nitrogens is 1. The second-order valence-corrected chi connectivity index (χ2v) is 10.7. The summed E-state index contributed by atoms with van der Waals surface area (Å²) in [4.78, 5) is 28.0. The summed E-state index contributed by atoms with van der Waals surface area (Å²) in [6.45, 7) is 8.43. The summed E-state index contributed by atoms with van der Waals surface area (Å²) in [5, 5.41) is 4.05. The molecule has 1 N–H and O–H groups in total. The van der Waals surface area contributed by atoms with Gasteiger partial charge in [0, 0.05) is 36.8 Å². The average Bonchev–Trinajstić information content (AvgIpc) is 3.48. The van der Waals surface area contributed by atoms with Crippen molar-refractivity contribution < 1.29 is 14.3 Å². The molecule has 2 saturated heterocycles. The van der Waals surface area contributed by atoms with Crippen LogP contribution in [0.5, 0.6) is 0 Å². The Hall–Kier alpha value is -2.16. The van der Waals surface area contributed by atoms with Crippen LogP contribution in [-0.2, 0) is 27.3 Å². The molecular formula is C25H31N3O3S2. The van der Waals surface area contributed by atoms with Gasteiger partial charge in [0.15, 0.2) is 0 Å². The van der Waals surface area contributed by atoms with E-state index in [-0.39, 0.29) is 24.5 Å². The molecule has 0 spiro atoms. The molecule has 2 amide bonds. The molecule has 0 aliphatic carbocycles. The molecule has 1 aromatic carbocycles. The van der Waals surface area contributed by atoms with Crippen molar-refractivity contribution in [2.45, 2.75) is 52.7 Å². The molecule has 33 heavy (non-hydrogen) atoms. The number of fused-ring (bicyclic) bond motifs is 1. The molecule has 0 saturated carbocycles. The number of rotatable bonds is 8. The number of aryl methyl sites for hydroxylation is 1. The Balaban J connectivity index is 1.61. The van der Waals surface area contributed by atoms with Crippen LogP contribution in [0, 0.1) is 5.92 Å². The summed E-state index contributed by atoms with van der Waals surface area (Å²) in [5.41, 5.74) is 3.14. The molecule has 0 bridgehead atoms. The standard InChI is InChI=1S/C25H31N3O3S2/c1-4-17-7-5-9-20-18(11-21-24(30)28(13-16(2)3)25(32)33-21)14-27(23(17)20)15-22(29)26-12-19-8-6-10-31-19/h5,7,9,11,14,16,19H,4,6,8,10,12-13,15H2,1-3H3,(H,26,29)/b21-11-/t19-/m1/s1. The molecule has 2 aromatic rings. The van der Waals surface area contributed by atoms with Crippen molar-refractivity contribution in [3.8, 4) is 0 Å². The van der Waals surface area contributed by atoms with Crippen LogP contribution in [-0.4, -0.2) is 51.4 Å². The van der Waals surface area contributed by atoms with Gasteiger partial charge in [-0.25, -0.2) is 0 Å². The Bertz CT molecular complexity index is 1100. The Morgan fingerprint density at radius 2 is 2.21 bits per heavy atom. The molecule has 2 fully saturated rings. The zero-order chi connectivity index (χ0) is 23.5. The number of para-hydroxylation sites is 1. The molecule has 176 valence electrons. The quantitative estimate of drug-likeness (QED) is 0.445. The maximum absolute atomic E-state index is 13.0. The number of carbonyl (C=O) groups is 2. The number of benzene rings is 1. The fraction of sp³-hybridized carbons (Fsp3) is 0.480. The third kappa shape index (κ3) is 5.34. The van der Waals surface area contributed by atoms with Crippen LogP contribution in [0.15, 0.2) is 29.3 Å². The van der Waals surface area contributed by atoms with Crippen LogP contribution < -0.4 is 5.32 Å². The number of nitrogens with one attached hydrogen (secondary N) is 1. The van der Waals surface area contributed by atoms with E-state index in [0.29, 0.717) is 28.2 Å². The van der Waals surface area contributed by atoms with Crippen molar-refractivity contribution >= 4 is 57.1 Å². The van der Waals surface area contributed by atoms with Gasteiger partial charge in [-0.2, -0.15) is 0 Å². The SMILES string of the molecule is CCc1cccc2c(/C=C3\SC(=S)N(CC(C)C)C3=O)cn(CC(=O)NC[C@H]3CCCO3)c12. The second-order valence-electron chi connectivity index (χ2n) is 9.00. The van der Waals surface area contributed by atoms with Gasteiger partial charge in [-0.3, -0.25) is 14.5 Å². The highest BCUT2D eigenvalue weighted by atomic mass is 32.2. The number of hydrogen-bond acceptors (Lipinski definition) is 5. The summed E-state index contributed by atoms with van der Waals surface area (Å²) in [7, 11) is 0. The first-order valence-electron chi connectivity index (χ1n) is 11.6. The lowest BCUT2D eigenvalue weighted by Crippen LogP contribution is -2.34. The Kier molecular flexibility index (Phi) is 7.56. The monoisotopic (exact) mass is 485 g/mol. The number of thioether (sulfide) groups is 1. The Morgan fingerprint density at radius 3 is 2.91 bits per heavy atom. The highest BCUT2D eigenvalue weighted by Crippen LogP contribution is 2.35. The van der Waals surface area contributed by atoms with E-state index in [0.717, 1.165) is 42.3 Å². The molecule has 0 unspecified atom stereocenters. The largest absolute Gasteiger partial charge is 0.376 e. The number of nitrogens with zero attached hydrogens (tertiary/aromatic N) is 2. The van der Waals surface area contributed by atoms with E-state index >= 15 is 0 Å². The van der Waals surface area contributed by atoms with E-state index < -0.39 is 0 Å². The van der Waals surface area contributed by atoms with Crippen molar-refractivity contribution in [3.63, 3.8) is 0 Å². The molecule has 4 rings (SSSR count). The molecule has 6 nitrogen and oxygen atoms in total. The second kappa shape index (κ2) is 10.4. The van der Waals surface area contributed by atoms with Gasteiger partial charge in [-0.05, 0) is 36.8 Å². The van der Waals surface area contributed by atoms with Crippen LogP contribution in [0.1, 0.15) is 44.7 Å². The predicted molar refractivity (Wildman–Crippen MR) is 138 cm³/mol. The van der Waals surface area contributed by atoms with Gasteiger partial charge in [-0.1, -0.05) is 63.0 Å². The third-order valence-corrected chi connectivity index (χ3v) is 7.34. The van der Waals surface area contributed by atoms with Crippen LogP contribution in [0.4, 0.5) is 0 Å². The van der Waals surface area contributed by atoms with Gasteiger partial charge >= 0.3 is 0 Å². The zero-order valence-corrected chi connectivity index (χ0v) is 21.1. The first kappa shape index (κ1) is 24.0. The van der Waals surface area contributed by atoms with Crippen molar-refractivity contribution in [2.75, 3.05) is 19.7 Å². The van der Waals surface area contributed by atoms with E-state index in [1.165, 1.54) is 17.3 Å². The minimum absolute atomic E-state index is 0.0388. The van der Waals surface area contributed by atoms with Gasteiger partial charge in [0.2, 0.25) is 5.91 Å². The van der Waals surface area contributed by atoms with Gasteiger partial charge in [0.25, 0.3) is 5.91 Å². The molecule has 1 aromatic heterocycles. The third-order valence-electron chi connectivity index (χ3n) is 5.97. The van der Waals surface area contributed by atoms with Gasteiger partial charge in [-0.15, -0.1) is 0 Å². The van der Waals surface area contributed by atoms with E-state index in [9.17, 15) is 9.59 Å². The van der Waals surface area contributed by atoms with E-state index in [1.54, 1.807) is 4.90 Å². The lowest BCUT2D eigenvalue weighted by atomic mass is 10.1. The summed E-state index contributed by atoms with van der Waals surface area (Å²) < 4.78 is 8.21. The Labute approximate surface area is 204 Å². The lowest BCUT2D eigenvalue weighted by molar-refractivity contribution is -0.123. The van der Waals surface area contributed by atoms with Gasteiger partial charge in [0.1, 0.15) is 10.9 Å². The molecule has 0 radical (unpaired) electrons. The van der Waals surface area contributed by atoms with Crippen LogP contribution >= 0.6 is 24.0 Å². The van der Waals surface area contributed by atoms with Gasteiger partial charge < -0.3 is 14.6 Å². The highest BCUT2D eigenvalue weighted by molar-refractivity contribution is 8.26. The lowest BCUT2D eigenvalue weighted by Gasteiger charge is -2.16. The minimum atomic E-state index is -0.0412. The highest BCUT2D eigenvalue weighted by Gasteiger charge is 2.32. The van der Waals surface area contributed by atoms with Crippen molar-refractivity contribution in [1.29, 1.82) is 0 Å². The molecule has 2 aliphatic heterocycles. The summed E-state index contributed by atoms with van der Waals surface area (Å²) in [5.74, 6) is 0.262. The molecule has 2 aliphatic rings. The van der Waals surface area contributed by atoms with Crippen LogP contribution in [0.25, 0.3) is 17.0 Å². The van der Waals surface area contributed by atoms with E-state index in [1.807, 2.05) is 22.9 Å². The number of amides is 2. The average molecular weight is 486 g/mol. The smallest absolute Gasteiger partial charge is 0.266 e. The summed E-state index contributed by atoms with van der Waals surface area (Å²) in [6, 6.07) is 6.18. The van der Waals surface area contributed by atoms with Crippen molar-refractivity contribution in [1.82, 2.24) is 14.8 Å². The maximum Gasteiger partial charge on any atom is 0.266 e. The topological polar surface area (TPSA) is 63.6 Å². The number of hydrogen-bond donors (Lipinski definition) is 1. The predicted octanol–water partition coefficient (Wildman–Crippen LogP) is 4.36. The van der Waals surface area contributed by atoms with Crippen LogP contribution in [0.3, 0.4) is 0 Å². The molecule has 1 atom stereocenters. The van der Waals surface area contributed by atoms with E-state index in [2.05, 4.69) is 38.2 Å². The number of carbonyl (C=O) groups excluding carboxylic acids is 2. The first-order chi connectivity index (χ1) is 15.9. The molecule has 3 heterocycles. The first-order valence-corrected chi connectivity index (χ1v) is 12.8. The van der Waals surface area contributed by atoms with Gasteiger partial charge in [0.05, 0.1) is 16.5 Å². The fourth-order valence-electron chi connectivity index (χ4n) is 4.40. The Morgan fingerprint density at radius 1 is 1.39 bits per heavy atom. The number of thiocarbonyl (C=S) groups is 1. The summed E-state index contributed by atoms with van der Waals surface area (Å²) in [6.07, 6.45) is 6.91. The number of ether oxygens (including phenoxy) is 1. The maximum atomic E-state index is 13.0. The molecular weight excluding hydrogens is 454 g/mol. The fourth-order valence-corrected chi connectivity index (χ4v) is 5.66. The van der Waals surface area contributed by atoms with Crippen LogP contribution in [0.2, 0.25) is 0 Å². The van der Waals surface area contributed by atoms with E-state index in [4.69, 9.17) is 17.0 Å². The summed E-state index contributed by atoms with van der Waals surface area (Å²) >= 11 is 6.81. The molecule has 8 heteroatoms. The van der Waals surface area contributed by atoms with Crippen molar-refractivity contribution in [3.05, 3.63) is 40.4 Å².